The van der Waals surface area contributed by atoms with Gasteiger partial charge in [0.25, 0.3) is 0 Å². The molecule has 1 saturated heterocycles. The molecule has 0 N–H and O–H groups in total. The van der Waals surface area contributed by atoms with Crippen molar-refractivity contribution in [1.29, 1.82) is 5.26 Å². The summed E-state index contributed by atoms with van der Waals surface area (Å²) in [6, 6.07) is 3.86. The Balaban J connectivity index is 1.92. The number of hydrogen-bond acceptors (Lipinski definition) is 4. The van der Waals surface area contributed by atoms with Gasteiger partial charge in [-0.3, -0.25) is 0 Å². The van der Waals surface area contributed by atoms with E-state index in [1.54, 1.807) is 6.07 Å². The summed E-state index contributed by atoms with van der Waals surface area (Å²) in [4.78, 5) is 6.03. The predicted molar refractivity (Wildman–Crippen MR) is 73.6 cm³/mol. The number of aromatic nitrogens is 1. The molecular formula is C15H16F3N3O. The predicted octanol–water partition coefficient (Wildman–Crippen LogP) is 2.60. The number of alkyl halides is 3. The summed E-state index contributed by atoms with van der Waals surface area (Å²) in [7, 11) is 0. The lowest BCUT2D eigenvalue weighted by atomic mass is 9.95. The standard InChI is InChI=1S/C15H16F3N3O/c16-15(17,18)13-9-21(5-6-22-13)14-11(8-19)7-10-3-1-2-4-12(10)20-14/h7,13H,1-6,9H2/t13-/m0/s1. The third-order valence-corrected chi connectivity index (χ3v) is 4.13. The van der Waals surface area contributed by atoms with Gasteiger partial charge in [0.15, 0.2) is 6.10 Å². The fourth-order valence-electron chi connectivity index (χ4n) is 2.99. The monoisotopic (exact) mass is 311 g/mol. The van der Waals surface area contributed by atoms with Crippen molar-refractivity contribution < 1.29 is 17.9 Å². The summed E-state index contributed by atoms with van der Waals surface area (Å²) in [5.41, 5.74) is 2.31. The van der Waals surface area contributed by atoms with Crippen LogP contribution in [0.15, 0.2) is 6.07 Å². The number of halogens is 3. The van der Waals surface area contributed by atoms with Crippen LogP contribution in [0.2, 0.25) is 0 Å². The van der Waals surface area contributed by atoms with Crippen LogP contribution in [0, 0.1) is 11.3 Å². The Morgan fingerprint density at radius 3 is 2.82 bits per heavy atom. The lowest BCUT2D eigenvalue weighted by Gasteiger charge is -2.35. The van der Waals surface area contributed by atoms with Crippen molar-refractivity contribution in [3.05, 3.63) is 22.9 Å². The number of morpholine rings is 1. The fourth-order valence-corrected chi connectivity index (χ4v) is 2.99. The van der Waals surface area contributed by atoms with Crippen LogP contribution < -0.4 is 4.90 Å². The molecule has 4 nitrogen and oxygen atoms in total. The number of ether oxygens (including phenoxy) is 1. The zero-order valence-corrected chi connectivity index (χ0v) is 12.0. The average molecular weight is 311 g/mol. The molecule has 0 radical (unpaired) electrons. The Morgan fingerprint density at radius 2 is 2.09 bits per heavy atom. The highest BCUT2D eigenvalue weighted by atomic mass is 19.4. The minimum atomic E-state index is -4.40. The van der Waals surface area contributed by atoms with Gasteiger partial charge in [-0.15, -0.1) is 0 Å². The fraction of sp³-hybridized carbons (Fsp3) is 0.600. The molecule has 0 spiro atoms. The van der Waals surface area contributed by atoms with E-state index < -0.39 is 12.3 Å². The van der Waals surface area contributed by atoms with Gasteiger partial charge in [0.1, 0.15) is 11.9 Å². The van der Waals surface area contributed by atoms with Crippen LogP contribution in [0.1, 0.15) is 29.7 Å². The molecule has 1 aliphatic heterocycles. The van der Waals surface area contributed by atoms with E-state index in [2.05, 4.69) is 11.1 Å². The molecule has 118 valence electrons. The highest BCUT2D eigenvalue weighted by molar-refractivity contribution is 5.56. The lowest BCUT2D eigenvalue weighted by Crippen LogP contribution is -2.49. The molecule has 2 aliphatic rings. The van der Waals surface area contributed by atoms with Gasteiger partial charge in [-0.2, -0.15) is 18.4 Å². The highest BCUT2D eigenvalue weighted by Gasteiger charge is 2.44. The molecule has 7 heteroatoms. The smallest absolute Gasteiger partial charge is 0.365 e. The largest absolute Gasteiger partial charge is 0.416 e. The maximum absolute atomic E-state index is 12.8. The molecule has 1 fully saturated rings. The Bertz CT molecular complexity index is 609. The van der Waals surface area contributed by atoms with Gasteiger partial charge in [0.2, 0.25) is 0 Å². The van der Waals surface area contributed by atoms with Gasteiger partial charge in [-0.05, 0) is 37.3 Å². The summed E-state index contributed by atoms with van der Waals surface area (Å²) in [6.45, 7) is -0.0230. The zero-order valence-electron chi connectivity index (χ0n) is 12.0. The van der Waals surface area contributed by atoms with Crippen molar-refractivity contribution in [2.45, 2.75) is 38.0 Å². The first-order valence-corrected chi connectivity index (χ1v) is 7.35. The lowest BCUT2D eigenvalue weighted by molar-refractivity contribution is -0.221. The summed E-state index contributed by atoms with van der Waals surface area (Å²) < 4.78 is 43.3. The summed E-state index contributed by atoms with van der Waals surface area (Å²) in [5.74, 6) is 0.362. The van der Waals surface area contributed by atoms with Crippen molar-refractivity contribution in [1.82, 2.24) is 4.98 Å². The average Bonchev–Trinajstić information content (AvgIpc) is 2.53. The molecule has 22 heavy (non-hydrogen) atoms. The normalized spacial score (nSPS) is 22.1. The molecule has 3 rings (SSSR count). The Labute approximate surface area is 126 Å². The van der Waals surface area contributed by atoms with Crippen LogP contribution >= 0.6 is 0 Å². The Morgan fingerprint density at radius 1 is 1.32 bits per heavy atom. The minimum absolute atomic E-state index is 0.0200. The first-order chi connectivity index (χ1) is 10.5. The molecule has 2 heterocycles. The van der Waals surface area contributed by atoms with Crippen molar-refractivity contribution >= 4 is 5.82 Å². The maximum Gasteiger partial charge on any atom is 0.416 e. The molecular weight excluding hydrogens is 295 g/mol. The number of anilines is 1. The third-order valence-electron chi connectivity index (χ3n) is 4.13. The van der Waals surface area contributed by atoms with Crippen LogP contribution in [0.25, 0.3) is 0 Å². The number of rotatable bonds is 1. The van der Waals surface area contributed by atoms with E-state index in [1.807, 2.05) is 0 Å². The van der Waals surface area contributed by atoms with Gasteiger partial charge < -0.3 is 9.64 Å². The SMILES string of the molecule is N#Cc1cc2c(nc1N1CCO[C@H](C(F)(F)F)C1)CCCC2. The molecule has 0 amide bonds. The number of pyridine rings is 1. The van der Waals surface area contributed by atoms with Crippen LogP contribution in [-0.2, 0) is 17.6 Å². The molecule has 0 bridgehead atoms. The van der Waals surface area contributed by atoms with Crippen molar-refractivity contribution in [2.24, 2.45) is 0 Å². The van der Waals surface area contributed by atoms with Gasteiger partial charge in [-0.25, -0.2) is 4.98 Å². The van der Waals surface area contributed by atoms with Gasteiger partial charge in [-0.1, -0.05) is 0 Å². The first kappa shape index (κ1) is 15.1. The Kier molecular flexibility index (Phi) is 3.96. The molecule has 1 aromatic heterocycles. The second-order valence-corrected chi connectivity index (χ2v) is 5.63. The second kappa shape index (κ2) is 5.76. The highest BCUT2D eigenvalue weighted by Crippen LogP contribution is 2.31. The van der Waals surface area contributed by atoms with Crippen LogP contribution in [0.4, 0.5) is 19.0 Å². The number of aryl methyl sites for hydroxylation is 2. The molecule has 0 unspecified atom stereocenters. The summed E-state index contributed by atoms with van der Waals surface area (Å²) >= 11 is 0. The molecule has 1 aromatic rings. The van der Waals surface area contributed by atoms with Crippen molar-refractivity contribution in [2.75, 3.05) is 24.6 Å². The van der Waals surface area contributed by atoms with E-state index in [0.29, 0.717) is 17.9 Å². The minimum Gasteiger partial charge on any atom is -0.365 e. The summed E-state index contributed by atoms with van der Waals surface area (Å²) in [5, 5.41) is 9.31. The van der Waals surface area contributed by atoms with Crippen LogP contribution in [0.5, 0.6) is 0 Å². The first-order valence-electron chi connectivity index (χ1n) is 7.35. The van der Waals surface area contributed by atoms with Gasteiger partial charge in [0.05, 0.1) is 18.7 Å². The van der Waals surface area contributed by atoms with Crippen molar-refractivity contribution in [3.8, 4) is 6.07 Å². The van der Waals surface area contributed by atoms with E-state index in [4.69, 9.17) is 4.74 Å². The van der Waals surface area contributed by atoms with Gasteiger partial charge in [0, 0.05) is 12.2 Å². The summed E-state index contributed by atoms with van der Waals surface area (Å²) in [6.07, 6.45) is -2.44. The van der Waals surface area contributed by atoms with E-state index >= 15 is 0 Å². The molecule has 0 saturated carbocycles. The van der Waals surface area contributed by atoms with Crippen molar-refractivity contribution in [3.63, 3.8) is 0 Å². The van der Waals surface area contributed by atoms with Gasteiger partial charge >= 0.3 is 6.18 Å². The quantitative estimate of drug-likeness (QED) is 0.800. The zero-order chi connectivity index (χ0) is 15.7. The number of fused-ring (bicyclic) bond motifs is 1. The molecule has 1 aliphatic carbocycles. The maximum atomic E-state index is 12.8. The van der Waals surface area contributed by atoms with E-state index in [1.165, 1.54) is 4.90 Å². The van der Waals surface area contributed by atoms with Crippen LogP contribution in [0.3, 0.4) is 0 Å². The third kappa shape index (κ3) is 2.88. The van der Waals surface area contributed by atoms with E-state index in [0.717, 1.165) is 36.9 Å². The van der Waals surface area contributed by atoms with Crippen LogP contribution in [-0.4, -0.2) is 37.0 Å². The number of nitrogens with zero attached hydrogens (tertiary/aromatic N) is 3. The van der Waals surface area contributed by atoms with E-state index in [9.17, 15) is 18.4 Å². The topological polar surface area (TPSA) is 49.2 Å². The number of hydrogen-bond donors (Lipinski definition) is 0. The molecule has 0 aromatic carbocycles. The number of nitriles is 1. The molecule has 1 atom stereocenters. The van der Waals surface area contributed by atoms with E-state index in [-0.39, 0.29) is 13.2 Å². The second-order valence-electron chi connectivity index (χ2n) is 5.63. The Hall–Kier alpha value is -1.81.